The number of carboxylic acid groups (broad SMARTS) is 1. The van der Waals surface area contributed by atoms with Gasteiger partial charge in [-0.2, -0.15) is 0 Å². The number of aromatic nitrogens is 2. The number of carbonyl (C=O) groups excluding carboxylic acids is 3. The van der Waals surface area contributed by atoms with Gasteiger partial charge in [-0.05, 0) is 128 Å². The molecule has 6 N–H and O–H groups in total. The number of pyridine rings is 2. The molecule has 15 nitrogen and oxygen atoms in total. The standard InChI is InChI=1S/C23H25ClN4O3.C14H10ClN3O2.C9H17NO2.ClH/c1-14(2)28-11-9-15(10-12-28)22(29)27-20-17-5-3-4-6-18(17)31-21(20)23(30)26-19-8-7-16(24)13-25-19;15-8-5-6-11(17-7-8)18-14(19)13-12(16)9-3-1-2-4-10(9)20-13;1-7(2)10-5-3-8(4-6-10)9(11)12;/h3-8,13-15H,9-12H2,1-2H3,(H,27,29)(H,25,26,30);1-7H,16H2,(H,17,18,19);7-8H,3-6H2,1-2H3,(H,11,12);1H. The highest BCUT2D eigenvalue weighted by Gasteiger charge is 2.30. The van der Waals surface area contributed by atoms with Crippen molar-refractivity contribution in [2.45, 2.75) is 65.5 Å². The number of likely N-dealkylation sites (tertiary alicyclic amines) is 2. The minimum Gasteiger partial charge on any atom is -0.481 e. The van der Waals surface area contributed by atoms with Crippen LogP contribution in [0.15, 0.2) is 94.0 Å². The van der Waals surface area contributed by atoms with E-state index in [1.165, 1.54) is 12.4 Å². The van der Waals surface area contributed by atoms with Crippen LogP contribution in [0.4, 0.5) is 23.0 Å². The number of rotatable bonds is 9. The molecular weight excluding hydrogens is 883 g/mol. The lowest BCUT2D eigenvalue weighted by Crippen LogP contribution is -2.41. The zero-order valence-electron chi connectivity index (χ0n) is 36.0. The Bertz CT molecular complexity index is 2510. The Morgan fingerprint density at radius 3 is 1.55 bits per heavy atom. The minimum atomic E-state index is -0.626. The van der Waals surface area contributed by atoms with Crippen LogP contribution in [0, 0.1) is 11.8 Å². The Balaban J connectivity index is 0.000000200. The lowest BCUT2D eigenvalue weighted by molar-refractivity contribution is -0.143. The van der Waals surface area contributed by atoms with Crippen LogP contribution in [0.25, 0.3) is 21.9 Å². The van der Waals surface area contributed by atoms with Crippen molar-refractivity contribution in [3.63, 3.8) is 0 Å². The number of amides is 3. The zero-order chi connectivity index (χ0) is 45.2. The molecule has 8 rings (SSSR count). The van der Waals surface area contributed by atoms with E-state index >= 15 is 0 Å². The second kappa shape index (κ2) is 22.8. The molecule has 2 aliphatic heterocycles. The number of carbonyl (C=O) groups is 4. The third kappa shape index (κ3) is 12.7. The van der Waals surface area contributed by atoms with E-state index in [0.717, 1.165) is 51.9 Å². The number of hydrogen-bond acceptors (Lipinski definition) is 11. The van der Waals surface area contributed by atoms with Crippen LogP contribution in [0.1, 0.15) is 74.5 Å². The maximum Gasteiger partial charge on any atom is 0.306 e. The number of benzene rings is 2. The Labute approximate surface area is 387 Å². The van der Waals surface area contributed by atoms with Crippen molar-refractivity contribution >= 4 is 104 Å². The lowest BCUT2D eigenvalue weighted by Gasteiger charge is -2.33. The van der Waals surface area contributed by atoms with Gasteiger partial charge in [-0.25, -0.2) is 9.97 Å². The van der Waals surface area contributed by atoms with Gasteiger partial charge in [0.25, 0.3) is 11.8 Å². The van der Waals surface area contributed by atoms with Crippen LogP contribution >= 0.6 is 35.6 Å². The molecule has 0 bridgehead atoms. The van der Waals surface area contributed by atoms with Crippen LogP contribution in [-0.4, -0.2) is 86.8 Å². The molecule has 0 radical (unpaired) electrons. The molecule has 4 aromatic heterocycles. The van der Waals surface area contributed by atoms with Crippen LogP contribution < -0.4 is 21.7 Å². The molecule has 0 saturated carbocycles. The predicted octanol–water partition coefficient (Wildman–Crippen LogP) is 9.72. The Hall–Kier alpha value is -5.71. The van der Waals surface area contributed by atoms with E-state index < -0.39 is 17.8 Å². The summed E-state index contributed by atoms with van der Waals surface area (Å²) in [6.07, 6.45) is 6.09. The number of fused-ring (bicyclic) bond motifs is 2. The molecule has 0 aliphatic carbocycles. The van der Waals surface area contributed by atoms with Crippen molar-refractivity contribution in [3.05, 3.63) is 107 Å². The number of aliphatic carboxylic acids is 1. The fourth-order valence-electron chi connectivity index (χ4n) is 7.38. The van der Waals surface area contributed by atoms with Crippen LogP contribution in [0.2, 0.25) is 10.0 Å². The maximum absolute atomic E-state index is 13.0. The number of carboxylic acids is 1. The van der Waals surface area contributed by atoms with Gasteiger partial charge < -0.3 is 45.4 Å². The summed E-state index contributed by atoms with van der Waals surface area (Å²) in [4.78, 5) is 61.5. The Kier molecular flexibility index (Phi) is 17.5. The average molecular weight is 936 g/mol. The Morgan fingerprint density at radius 2 is 1.09 bits per heavy atom. The normalized spacial score (nSPS) is 14.8. The van der Waals surface area contributed by atoms with Gasteiger partial charge >= 0.3 is 5.97 Å². The van der Waals surface area contributed by atoms with Gasteiger partial charge in [-0.3, -0.25) is 19.2 Å². The van der Waals surface area contributed by atoms with Gasteiger partial charge in [-0.15, -0.1) is 12.4 Å². The number of hydrogen-bond donors (Lipinski definition) is 5. The van der Waals surface area contributed by atoms with E-state index in [1.807, 2.05) is 30.3 Å². The van der Waals surface area contributed by atoms with Crippen LogP contribution in [0.5, 0.6) is 0 Å². The summed E-state index contributed by atoms with van der Waals surface area (Å²) in [5.41, 5.74) is 7.72. The highest BCUT2D eigenvalue weighted by Crippen LogP contribution is 2.33. The van der Waals surface area contributed by atoms with Gasteiger partial charge in [-0.1, -0.05) is 47.5 Å². The fourth-order valence-corrected chi connectivity index (χ4v) is 7.60. The van der Waals surface area contributed by atoms with Gasteiger partial charge in [0.2, 0.25) is 17.4 Å². The quantitative estimate of drug-likeness (QED) is 0.0918. The number of halogens is 3. The molecule has 340 valence electrons. The van der Waals surface area contributed by atoms with Gasteiger partial charge in [0.05, 0.1) is 21.7 Å². The SMILES string of the molecule is CC(C)N1CCC(C(=O)Nc2c(C(=O)Nc3ccc(Cl)cn3)oc3ccccc23)CC1.CC(C)N1CCC(C(=O)O)CC1.Cl.Nc1c(C(=O)Nc2ccc(Cl)cn2)oc2ccccc12. The molecule has 2 aliphatic rings. The molecule has 18 heteroatoms. The number of nitrogens with one attached hydrogen (secondary N) is 3. The Morgan fingerprint density at radius 1 is 0.656 bits per heavy atom. The van der Waals surface area contributed by atoms with Gasteiger partial charge in [0.1, 0.15) is 28.5 Å². The molecule has 2 aromatic carbocycles. The number of furan rings is 2. The molecule has 2 saturated heterocycles. The number of nitrogen functional groups attached to an aromatic ring is 1. The number of nitrogens with two attached hydrogens (primary N) is 1. The van der Waals surface area contributed by atoms with E-state index in [4.69, 9.17) is 42.9 Å². The van der Waals surface area contributed by atoms with Crippen molar-refractivity contribution in [2.75, 3.05) is 47.9 Å². The molecule has 6 heterocycles. The smallest absolute Gasteiger partial charge is 0.306 e. The summed E-state index contributed by atoms with van der Waals surface area (Å²) in [5, 5.41) is 19.4. The van der Waals surface area contributed by atoms with E-state index in [2.05, 4.69) is 63.4 Å². The lowest BCUT2D eigenvalue weighted by atomic mass is 9.95. The predicted molar refractivity (Wildman–Crippen MR) is 254 cm³/mol. The summed E-state index contributed by atoms with van der Waals surface area (Å²) < 4.78 is 11.3. The second-order valence-electron chi connectivity index (χ2n) is 15.9. The maximum atomic E-state index is 13.0. The van der Waals surface area contributed by atoms with Crippen molar-refractivity contribution < 1.29 is 33.1 Å². The van der Waals surface area contributed by atoms with Gasteiger partial charge in [0.15, 0.2) is 0 Å². The molecule has 0 spiro atoms. The van der Waals surface area contributed by atoms with Crippen molar-refractivity contribution in [3.8, 4) is 0 Å². The first-order valence-corrected chi connectivity index (χ1v) is 21.6. The third-order valence-corrected chi connectivity index (χ3v) is 11.5. The highest BCUT2D eigenvalue weighted by atomic mass is 35.5. The number of piperidine rings is 2. The molecule has 3 amide bonds. The third-order valence-electron chi connectivity index (χ3n) is 11.1. The van der Waals surface area contributed by atoms with E-state index in [9.17, 15) is 19.2 Å². The second-order valence-corrected chi connectivity index (χ2v) is 16.8. The molecule has 64 heavy (non-hydrogen) atoms. The fraction of sp³-hybridized carbons (Fsp3) is 0.348. The average Bonchev–Trinajstić information content (AvgIpc) is 3.83. The van der Waals surface area contributed by atoms with Crippen molar-refractivity contribution in [1.82, 2.24) is 19.8 Å². The summed E-state index contributed by atoms with van der Waals surface area (Å²) in [6, 6.07) is 21.9. The molecular formula is C46H53Cl3N8O7. The zero-order valence-corrected chi connectivity index (χ0v) is 38.3. The first-order valence-electron chi connectivity index (χ1n) is 20.8. The van der Waals surface area contributed by atoms with E-state index in [-0.39, 0.29) is 41.7 Å². The van der Waals surface area contributed by atoms with E-state index in [0.29, 0.717) is 67.1 Å². The molecule has 0 unspecified atom stereocenters. The molecule has 6 aromatic rings. The van der Waals surface area contributed by atoms with Crippen LogP contribution in [-0.2, 0) is 9.59 Å². The number of nitrogens with zero attached hydrogens (tertiary/aromatic N) is 4. The summed E-state index contributed by atoms with van der Waals surface area (Å²) in [6.45, 7) is 12.3. The van der Waals surface area contributed by atoms with Crippen molar-refractivity contribution in [2.24, 2.45) is 11.8 Å². The molecule has 0 atom stereocenters. The number of para-hydroxylation sites is 2. The molecule has 2 fully saturated rings. The first-order chi connectivity index (χ1) is 30.2. The topological polar surface area (TPSA) is 209 Å². The highest BCUT2D eigenvalue weighted by molar-refractivity contribution is 6.30. The van der Waals surface area contributed by atoms with Crippen molar-refractivity contribution in [1.29, 1.82) is 0 Å². The number of anilines is 4. The first kappa shape index (κ1) is 49.3. The largest absolute Gasteiger partial charge is 0.481 e. The van der Waals surface area contributed by atoms with Gasteiger partial charge in [0, 0.05) is 41.2 Å². The summed E-state index contributed by atoms with van der Waals surface area (Å²) in [7, 11) is 0. The van der Waals surface area contributed by atoms with Crippen LogP contribution in [0.3, 0.4) is 0 Å². The summed E-state index contributed by atoms with van der Waals surface area (Å²) >= 11 is 11.6. The minimum absolute atomic E-state index is 0. The monoisotopic (exact) mass is 934 g/mol. The summed E-state index contributed by atoms with van der Waals surface area (Å²) in [5.74, 6) is -1.02. The van der Waals surface area contributed by atoms with E-state index in [1.54, 1.807) is 42.5 Å².